The van der Waals surface area contributed by atoms with Crippen molar-refractivity contribution in [3.63, 3.8) is 0 Å². The molecule has 1 aromatic carbocycles. The molecular formula is C18H27N3. The van der Waals surface area contributed by atoms with Gasteiger partial charge in [-0.1, -0.05) is 24.3 Å². The quantitative estimate of drug-likeness (QED) is 0.659. The third-order valence-corrected chi connectivity index (χ3v) is 6.42. The van der Waals surface area contributed by atoms with Crippen LogP contribution in [0.25, 0.3) is 0 Å². The van der Waals surface area contributed by atoms with Gasteiger partial charge in [-0.05, 0) is 68.5 Å². The Hall–Kier alpha value is -0.900. The zero-order valence-corrected chi connectivity index (χ0v) is 13.0. The van der Waals surface area contributed by atoms with Gasteiger partial charge in [0.1, 0.15) is 0 Å². The minimum atomic E-state index is 0.486. The summed E-state index contributed by atoms with van der Waals surface area (Å²) in [4.78, 5) is 2.61. The zero-order chi connectivity index (χ0) is 14.4. The van der Waals surface area contributed by atoms with Gasteiger partial charge in [0.05, 0.1) is 0 Å². The lowest BCUT2D eigenvalue weighted by Gasteiger charge is -2.42. The number of nitrogens with one attached hydrogen (secondary N) is 1. The van der Waals surface area contributed by atoms with Gasteiger partial charge in [-0.2, -0.15) is 0 Å². The molecule has 4 unspecified atom stereocenters. The standard InChI is InChI=1S/C18H27N3/c1-21-15-6-7-16(21)10-14(9-15)18(20-19)11-13-8-12-4-2-3-5-17(12)13/h2-5,13-16,18,20H,6-11,19H2,1H3. The SMILES string of the molecule is CN1C2CCC1CC(C(CC1Cc3ccccc31)NN)C2. The van der Waals surface area contributed by atoms with Crippen LogP contribution in [0.3, 0.4) is 0 Å². The van der Waals surface area contributed by atoms with Crippen molar-refractivity contribution in [2.45, 2.75) is 62.6 Å². The van der Waals surface area contributed by atoms with E-state index in [4.69, 9.17) is 5.84 Å². The van der Waals surface area contributed by atoms with E-state index in [2.05, 4.69) is 41.6 Å². The van der Waals surface area contributed by atoms with Crippen molar-refractivity contribution in [1.82, 2.24) is 10.3 Å². The molecule has 4 atom stereocenters. The highest BCUT2D eigenvalue weighted by atomic mass is 15.2. The molecule has 21 heavy (non-hydrogen) atoms. The van der Waals surface area contributed by atoms with Gasteiger partial charge in [0.2, 0.25) is 0 Å². The van der Waals surface area contributed by atoms with Gasteiger partial charge in [0.25, 0.3) is 0 Å². The van der Waals surface area contributed by atoms with Crippen LogP contribution in [0.5, 0.6) is 0 Å². The molecule has 3 nitrogen and oxygen atoms in total. The number of nitrogens with two attached hydrogens (primary N) is 1. The van der Waals surface area contributed by atoms with E-state index < -0.39 is 0 Å². The maximum absolute atomic E-state index is 5.93. The Morgan fingerprint density at radius 3 is 2.62 bits per heavy atom. The van der Waals surface area contributed by atoms with Crippen molar-refractivity contribution in [3.8, 4) is 0 Å². The molecule has 0 saturated carbocycles. The molecule has 1 aliphatic carbocycles. The Bertz CT molecular complexity index is 501. The number of hydrazine groups is 1. The van der Waals surface area contributed by atoms with Crippen molar-refractivity contribution in [2.24, 2.45) is 11.8 Å². The molecule has 1 aromatic rings. The molecule has 3 aliphatic rings. The van der Waals surface area contributed by atoms with Crippen LogP contribution in [0, 0.1) is 5.92 Å². The van der Waals surface area contributed by atoms with Gasteiger partial charge in [0, 0.05) is 18.1 Å². The Morgan fingerprint density at radius 2 is 1.95 bits per heavy atom. The van der Waals surface area contributed by atoms with Crippen LogP contribution in [0.15, 0.2) is 24.3 Å². The summed E-state index contributed by atoms with van der Waals surface area (Å²) in [5, 5.41) is 0. The van der Waals surface area contributed by atoms with E-state index in [1.54, 1.807) is 11.1 Å². The average molecular weight is 285 g/mol. The minimum absolute atomic E-state index is 0.486. The normalized spacial score (nSPS) is 36.1. The Labute approximate surface area is 127 Å². The first-order chi connectivity index (χ1) is 10.3. The van der Waals surface area contributed by atoms with E-state index in [1.165, 1.54) is 38.5 Å². The predicted molar refractivity (Wildman–Crippen MR) is 85.9 cm³/mol. The van der Waals surface area contributed by atoms with E-state index in [0.717, 1.165) is 23.9 Å². The van der Waals surface area contributed by atoms with Gasteiger partial charge < -0.3 is 4.90 Å². The fraction of sp³-hybridized carbons (Fsp3) is 0.667. The van der Waals surface area contributed by atoms with Crippen molar-refractivity contribution >= 4 is 0 Å². The summed E-state index contributed by atoms with van der Waals surface area (Å²) in [6, 6.07) is 11.0. The average Bonchev–Trinajstić information content (AvgIpc) is 2.71. The van der Waals surface area contributed by atoms with Crippen LogP contribution in [0.2, 0.25) is 0 Å². The molecule has 0 radical (unpaired) electrons. The van der Waals surface area contributed by atoms with Crippen LogP contribution in [-0.2, 0) is 6.42 Å². The molecule has 0 amide bonds. The summed E-state index contributed by atoms with van der Waals surface area (Å²) in [6.45, 7) is 0. The van der Waals surface area contributed by atoms with E-state index in [-0.39, 0.29) is 0 Å². The molecule has 114 valence electrons. The number of rotatable bonds is 4. The van der Waals surface area contributed by atoms with Crippen LogP contribution in [0.4, 0.5) is 0 Å². The van der Waals surface area contributed by atoms with Gasteiger partial charge in [0.15, 0.2) is 0 Å². The topological polar surface area (TPSA) is 41.3 Å². The second-order valence-corrected chi connectivity index (χ2v) is 7.39. The lowest BCUT2D eigenvalue weighted by atomic mass is 9.71. The summed E-state index contributed by atoms with van der Waals surface area (Å²) in [6.07, 6.45) is 7.89. The third kappa shape index (κ3) is 2.32. The van der Waals surface area contributed by atoms with E-state index >= 15 is 0 Å². The van der Waals surface area contributed by atoms with Crippen molar-refractivity contribution < 1.29 is 0 Å². The molecule has 2 aliphatic heterocycles. The fourth-order valence-electron chi connectivity index (χ4n) is 5.06. The molecule has 3 heteroatoms. The second-order valence-electron chi connectivity index (χ2n) is 7.39. The fourth-order valence-corrected chi connectivity index (χ4v) is 5.06. The van der Waals surface area contributed by atoms with E-state index in [1.807, 2.05) is 0 Å². The molecule has 0 aromatic heterocycles. The summed E-state index contributed by atoms with van der Waals surface area (Å²) < 4.78 is 0. The largest absolute Gasteiger partial charge is 0.300 e. The van der Waals surface area contributed by atoms with Crippen LogP contribution >= 0.6 is 0 Å². The highest BCUT2D eigenvalue weighted by molar-refractivity contribution is 5.40. The molecule has 4 rings (SSSR count). The Balaban J connectivity index is 1.42. The van der Waals surface area contributed by atoms with Gasteiger partial charge >= 0.3 is 0 Å². The molecular weight excluding hydrogens is 258 g/mol. The Kier molecular flexibility index (Phi) is 3.52. The highest BCUT2D eigenvalue weighted by Crippen LogP contribution is 2.43. The van der Waals surface area contributed by atoms with Gasteiger partial charge in [-0.3, -0.25) is 11.3 Å². The first-order valence-corrected chi connectivity index (χ1v) is 8.52. The summed E-state index contributed by atoms with van der Waals surface area (Å²) in [7, 11) is 2.31. The first kappa shape index (κ1) is 13.7. The number of hydrogen-bond donors (Lipinski definition) is 2. The van der Waals surface area contributed by atoms with Crippen LogP contribution in [0.1, 0.15) is 49.1 Å². The third-order valence-electron chi connectivity index (χ3n) is 6.42. The smallest absolute Gasteiger partial charge is 0.0245 e. The van der Waals surface area contributed by atoms with Crippen LogP contribution < -0.4 is 11.3 Å². The second kappa shape index (κ2) is 5.38. The molecule has 3 N–H and O–H groups in total. The maximum atomic E-state index is 5.93. The van der Waals surface area contributed by atoms with Crippen molar-refractivity contribution in [1.29, 1.82) is 0 Å². The number of fused-ring (bicyclic) bond motifs is 3. The number of hydrogen-bond acceptors (Lipinski definition) is 3. The van der Waals surface area contributed by atoms with Gasteiger partial charge in [-0.25, -0.2) is 0 Å². The van der Waals surface area contributed by atoms with Crippen LogP contribution in [-0.4, -0.2) is 30.1 Å². The van der Waals surface area contributed by atoms with Crippen molar-refractivity contribution in [3.05, 3.63) is 35.4 Å². The number of piperidine rings is 1. The lowest BCUT2D eigenvalue weighted by molar-refractivity contribution is 0.107. The first-order valence-electron chi connectivity index (χ1n) is 8.52. The number of benzene rings is 1. The van der Waals surface area contributed by atoms with E-state index in [9.17, 15) is 0 Å². The Morgan fingerprint density at radius 1 is 1.24 bits per heavy atom. The van der Waals surface area contributed by atoms with Gasteiger partial charge in [-0.15, -0.1) is 0 Å². The van der Waals surface area contributed by atoms with E-state index in [0.29, 0.717) is 6.04 Å². The summed E-state index contributed by atoms with van der Waals surface area (Å²) in [5.41, 5.74) is 6.27. The van der Waals surface area contributed by atoms with Crippen molar-refractivity contribution in [2.75, 3.05) is 7.05 Å². The molecule has 2 bridgehead atoms. The zero-order valence-electron chi connectivity index (χ0n) is 13.0. The molecule has 2 heterocycles. The summed E-state index contributed by atoms with van der Waals surface area (Å²) >= 11 is 0. The lowest BCUT2D eigenvalue weighted by Crippen LogP contribution is -2.49. The molecule has 2 saturated heterocycles. The highest BCUT2D eigenvalue weighted by Gasteiger charge is 2.41. The maximum Gasteiger partial charge on any atom is 0.0245 e. The predicted octanol–water partition coefficient (Wildman–Crippen LogP) is 2.42. The number of nitrogens with zero attached hydrogens (tertiary/aromatic N) is 1. The minimum Gasteiger partial charge on any atom is -0.300 e. The molecule has 0 spiro atoms. The monoisotopic (exact) mass is 285 g/mol. The summed E-state index contributed by atoms with van der Waals surface area (Å²) in [5.74, 6) is 7.42. The molecule has 2 fully saturated rings.